The number of hydrogen-bond acceptors (Lipinski definition) is 3. The molecule has 0 bridgehead atoms. The molecule has 0 radical (unpaired) electrons. The number of rotatable bonds is 3. The van der Waals surface area contributed by atoms with Gasteiger partial charge in [-0.25, -0.2) is 0 Å². The summed E-state index contributed by atoms with van der Waals surface area (Å²) in [6.07, 6.45) is 2.07. The van der Waals surface area contributed by atoms with Crippen LogP contribution in [0.2, 0.25) is 0 Å². The smallest absolute Gasteiger partial charge is 0.168 e. The molecule has 0 fully saturated rings. The SMILES string of the molecule is COc1ccc(-c2ccc3nnc(-c4ccccc4)n3c2)cc1. The molecular formula is C19H15N3O. The molecule has 2 heterocycles. The Labute approximate surface area is 134 Å². The van der Waals surface area contributed by atoms with Crippen molar-refractivity contribution in [3.63, 3.8) is 0 Å². The van der Waals surface area contributed by atoms with Crippen LogP contribution in [0, 0.1) is 0 Å². The van der Waals surface area contributed by atoms with Crippen molar-refractivity contribution >= 4 is 5.65 Å². The molecule has 4 rings (SSSR count). The summed E-state index contributed by atoms with van der Waals surface area (Å²) in [5, 5.41) is 8.57. The minimum Gasteiger partial charge on any atom is -0.497 e. The van der Waals surface area contributed by atoms with Crippen molar-refractivity contribution in [1.29, 1.82) is 0 Å². The number of nitrogens with zero attached hydrogens (tertiary/aromatic N) is 3. The Morgan fingerprint density at radius 1 is 0.739 bits per heavy atom. The summed E-state index contributed by atoms with van der Waals surface area (Å²) < 4.78 is 7.24. The zero-order chi connectivity index (χ0) is 15.6. The topological polar surface area (TPSA) is 39.4 Å². The molecule has 0 saturated carbocycles. The van der Waals surface area contributed by atoms with Gasteiger partial charge < -0.3 is 4.74 Å². The lowest BCUT2D eigenvalue weighted by molar-refractivity contribution is 0.415. The summed E-state index contributed by atoms with van der Waals surface area (Å²) in [5.74, 6) is 1.69. The van der Waals surface area contributed by atoms with E-state index in [1.165, 1.54) is 0 Å². The van der Waals surface area contributed by atoms with Crippen molar-refractivity contribution in [3.8, 4) is 28.3 Å². The van der Waals surface area contributed by atoms with Gasteiger partial charge >= 0.3 is 0 Å². The Morgan fingerprint density at radius 2 is 1.48 bits per heavy atom. The van der Waals surface area contributed by atoms with Gasteiger partial charge in [0.05, 0.1) is 7.11 Å². The molecule has 0 atom stereocenters. The predicted octanol–water partition coefficient (Wildman–Crippen LogP) is 4.07. The molecule has 0 amide bonds. The standard InChI is InChI=1S/C19H15N3O/c1-23-17-10-7-14(8-11-17)16-9-12-18-20-21-19(22(18)13-16)15-5-3-2-4-6-15/h2-13H,1H3. The Morgan fingerprint density at radius 3 is 2.22 bits per heavy atom. The molecule has 23 heavy (non-hydrogen) atoms. The summed E-state index contributed by atoms with van der Waals surface area (Å²) in [6, 6.07) is 22.1. The number of fused-ring (bicyclic) bond motifs is 1. The first-order chi connectivity index (χ1) is 11.3. The highest BCUT2D eigenvalue weighted by Gasteiger charge is 2.09. The van der Waals surface area contributed by atoms with Gasteiger partial charge in [0, 0.05) is 11.8 Å². The molecule has 4 heteroatoms. The molecule has 0 saturated heterocycles. The van der Waals surface area contributed by atoms with E-state index >= 15 is 0 Å². The van der Waals surface area contributed by atoms with Crippen LogP contribution in [0.25, 0.3) is 28.2 Å². The highest BCUT2D eigenvalue weighted by molar-refractivity contribution is 5.67. The highest BCUT2D eigenvalue weighted by atomic mass is 16.5. The molecule has 0 aliphatic carbocycles. The van der Waals surface area contributed by atoms with Crippen molar-refractivity contribution in [2.75, 3.05) is 7.11 Å². The minimum absolute atomic E-state index is 0.834. The lowest BCUT2D eigenvalue weighted by atomic mass is 10.1. The van der Waals surface area contributed by atoms with E-state index in [2.05, 4.69) is 22.5 Å². The van der Waals surface area contributed by atoms with Crippen LogP contribution in [0.1, 0.15) is 0 Å². The maximum atomic E-state index is 5.21. The summed E-state index contributed by atoms with van der Waals surface area (Å²) >= 11 is 0. The lowest BCUT2D eigenvalue weighted by Crippen LogP contribution is -1.91. The van der Waals surface area contributed by atoms with Crippen LogP contribution in [-0.4, -0.2) is 21.7 Å². The predicted molar refractivity (Wildman–Crippen MR) is 90.4 cm³/mol. The first-order valence-electron chi connectivity index (χ1n) is 7.40. The van der Waals surface area contributed by atoms with Gasteiger partial charge in [-0.3, -0.25) is 4.40 Å². The molecule has 0 spiro atoms. The normalized spacial score (nSPS) is 10.8. The second kappa shape index (κ2) is 5.57. The van der Waals surface area contributed by atoms with Gasteiger partial charge in [-0.2, -0.15) is 0 Å². The third-order valence-electron chi connectivity index (χ3n) is 3.86. The summed E-state index contributed by atoms with van der Waals surface area (Å²) in [5.41, 5.74) is 4.12. The third kappa shape index (κ3) is 2.44. The Balaban J connectivity index is 1.83. The summed E-state index contributed by atoms with van der Waals surface area (Å²) in [7, 11) is 1.67. The van der Waals surface area contributed by atoms with Crippen molar-refractivity contribution < 1.29 is 4.74 Å². The number of methoxy groups -OCH3 is 1. The van der Waals surface area contributed by atoms with E-state index in [0.29, 0.717) is 0 Å². The van der Waals surface area contributed by atoms with Crippen LogP contribution in [0.3, 0.4) is 0 Å². The van der Waals surface area contributed by atoms with Gasteiger partial charge in [0.15, 0.2) is 11.5 Å². The molecule has 112 valence electrons. The van der Waals surface area contributed by atoms with Crippen molar-refractivity contribution in [1.82, 2.24) is 14.6 Å². The molecule has 4 nitrogen and oxygen atoms in total. The fraction of sp³-hybridized carbons (Fsp3) is 0.0526. The molecular weight excluding hydrogens is 286 g/mol. The van der Waals surface area contributed by atoms with E-state index in [9.17, 15) is 0 Å². The first kappa shape index (κ1) is 13.5. The second-order valence-electron chi connectivity index (χ2n) is 5.26. The van der Waals surface area contributed by atoms with Crippen LogP contribution in [0.15, 0.2) is 72.9 Å². The van der Waals surface area contributed by atoms with Gasteiger partial charge in [-0.15, -0.1) is 10.2 Å². The molecule has 0 unspecified atom stereocenters. The fourth-order valence-electron chi connectivity index (χ4n) is 2.63. The number of pyridine rings is 1. The number of aromatic nitrogens is 3. The van der Waals surface area contributed by atoms with Crippen molar-refractivity contribution in [3.05, 3.63) is 72.9 Å². The van der Waals surface area contributed by atoms with Gasteiger partial charge in [-0.05, 0) is 35.4 Å². The van der Waals surface area contributed by atoms with Gasteiger partial charge in [0.2, 0.25) is 0 Å². The zero-order valence-corrected chi connectivity index (χ0v) is 12.7. The second-order valence-corrected chi connectivity index (χ2v) is 5.26. The summed E-state index contributed by atoms with van der Waals surface area (Å²) in [6.45, 7) is 0. The van der Waals surface area contributed by atoms with Crippen LogP contribution in [-0.2, 0) is 0 Å². The third-order valence-corrected chi connectivity index (χ3v) is 3.86. The molecule has 0 N–H and O–H groups in total. The Hall–Kier alpha value is -3.14. The van der Waals surface area contributed by atoms with Crippen LogP contribution in [0.4, 0.5) is 0 Å². The number of ether oxygens (including phenoxy) is 1. The van der Waals surface area contributed by atoms with Gasteiger partial charge in [0.1, 0.15) is 5.75 Å². The van der Waals surface area contributed by atoms with Crippen molar-refractivity contribution in [2.24, 2.45) is 0 Å². The number of benzene rings is 2. The quantitative estimate of drug-likeness (QED) is 0.572. The van der Waals surface area contributed by atoms with E-state index in [-0.39, 0.29) is 0 Å². The Bertz CT molecular complexity index is 943. The largest absolute Gasteiger partial charge is 0.497 e. The molecule has 2 aromatic carbocycles. The lowest BCUT2D eigenvalue weighted by Gasteiger charge is -2.06. The maximum absolute atomic E-state index is 5.21. The van der Waals surface area contributed by atoms with Gasteiger partial charge in [0.25, 0.3) is 0 Å². The molecule has 0 aliphatic rings. The van der Waals surface area contributed by atoms with Crippen molar-refractivity contribution in [2.45, 2.75) is 0 Å². The maximum Gasteiger partial charge on any atom is 0.168 e. The average Bonchev–Trinajstić information content (AvgIpc) is 3.05. The van der Waals surface area contributed by atoms with Crippen LogP contribution >= 0.6 is 0 Å². The average molecular weight is 301 g/mol. The van der Waals surface area contributed by atoms with Crippen LogP contribution < -0.4 is 4.74 Å². The van der Waals surface area contributed by atoms with E-state index in [4.69, 9.17) is 4.74 Å². The number of hydrogen-bond donors (Lipinski definition) is 0. The van der Waals surface area contributed by atoms with E-state index in [0.717, 1.165) is 33.9 Å². The monoisotopic (exact) mass is 301 g/mol. The highest BCUT2D eigenvalue weighted by Crippen LogP contribution is 2.25. The summed E-state index contributed by atoms with van der Waals surface area (Å²) in [4.78, 5) is 0. The Kier molecular flexibility index (Phi) is 3.27. The zero-order valence-electron chi connectivity index (χ0n) is 12.7. The fourth-order valence-corrected chi connectivity index (χ4v) is 2.63. The molecule has 0 aliphatic heterocycles. The minimum atomic E-state index is 0.834. The van der Waals surface area contributed by atoms with E-state index < -0.39 is 0 Å². The van der Waals surface area contributed by atoms with Gasteiger partial charge in [-0.1, -0.05) is 42.5 Å². The van der Waals surface area contributed by atoms with Crippen LogP contribution in [0.5, 0.6) is 5.75 Å². The first-order valence-corrected chi connectivity index (χ1v) is 7.40. The molecule has 4 aromatic rings. The van der Waals surface area contributed by atoms with E-state index in [1.54, 1.807) is 7.11 Å². The van der Waals surface area contributed by atoms with E-state index in [1.807, 2.05) is 65.1 Å². The molecule has 2 aromatic heterocycles.